The minimum atomic E-state index is -0.716. The first kappa shape index (κ1) is 13.7. The third kappa shape index (κ3) is 2.85. The van der Waals surface area contributed by atoms with E-state index in [9.17, 15) is 4.79 Å². The number of halogens is 1. The molecule has 4 heteroatoms. The third-order valence-electron chi connectivity index (χ3n) is 3.44. The van der Waals surface area contributed by atoms with Gasteiger partial charge in [-0.15, -0.1) is 12.4 Å². The Kier molecular flexibility index (Phi) is 4.89. The van der Waals surface area contributed by atoms with Gasteiger partial charge in [0.05, 0.1) is 6.42 Å². The zero-order valence-corrected chi connectivity index (χ0v) is 9.64. The average molecular weight is 222 g/mol. The van der Waals surface area contributed by atoms with E-state index in [1.165, 1.54) is 0 Å². The fourth-order valence-electron chi connectivity index (χ4n) is 2.56. The maximum absolute atomic E-state index is 10.7. The van der Waals surface area contributed by atoms with Crippen LogP contribution in [0.25, 0.3) is 0 Å². The van der Waals surface area contributed by atoms with Gasteiger partial charge < -0.3 is 10.8 Å². The Hall–Kier alpha value is -0.280. The van der Waals surface area contributed by atoms with Crippen LogP contribution in [0.5, 0.6) is 0 Å². The fraction of sp³-hybridized carbons (Fsp3) is 0.900. The van der Waals surface area contributed by atoms with Crippen LogP contribution in [0.4, 0.5) is 0 Å². The van der Waals surface area contributed by atoms with Crippen LogP contribution >= 0.6 is 12.4 Å². The lowest BCUT2D eigenvalue weighted by Gasteiger charge is -2.25. The summed E-state index contributed by atoms with van der Waals surface area (Å²) in [5, 5.41) is 8.79. The van der Waals surface area contributed by atoms with Crippen molar-refractivity contribution in [3.63, 3.8) is 0 Å². The molecule has 1 fully saturated rings. The summed E-state index contributed by atoms with van der Waals surface area (Å²) in [5.74, 6) is 0.512. The highest BCUT2D eigenvalue weighted by Gasteiger charge is 2.41. The van der Waals surface area contributed by atoms with Gasteiger partial charge >= 0.3 is 5.97 Å². The molecule has 0 aromatic rings. The Balaban J connectivity index is 0.00000169. The fourth-order valence-corrected chi connectivity index (χ4v) is 2.56. The summed E-state index contributed by atoms with van der Waals surface area (Å²) in [4.78, 5) is 10.7. The molecular weight excluding hydrogens is 202 g/mol. The van der Waals surface area contributed by atoms with Crippen molar-refractivity contribution >= 4 is 18.4 Å². The average Bonchev–Trinajstić information content (AvgIpc) is 2.27. The number of aliphatic carboxylic acids is 1. The highest BCUT2D eigenvalue weighted by molar-refractivity contribution is 5.85. The van der Waals surface area contributed by atoms with Gasteiger partial charge in [-0.2, -0.15) is 0 Å². The van der Waals surface area contributed by atoms with Crippen LogP contribution in [0, 0.1) is 17.3 Å². The SMILES string of the molecule is C[C@@H]1CC(CN)(CC(=O)O)C[C@@H]1C.Cl. The van der Waals surface area contributed by atoms with Gasteiger partial charge in [0.15, 0.2) is 0 Å². The normalized spacial score (nSPS) is 36.5. The van der Waals surface area contributed by atoms with Crippen LogP contribution < -0.4 is 5.73 Å². The standard InChI is InChI=1S/C10H19NO2.ClH/c1-7-3-10(6-11,4-8(7)2)5-9(12)13;/h7-8H,3-6,11H2,1-2H3,(H,12,13);1H/t7-,8+,10?;. The van der Waals surface area contributed by atoms with Crippen molar-refractivity contribution in [2.45, 2.75) is 33.1 Å². The van der Waals surface area contributed by atoms with E-state index in [4.69, 9.17) is 10.8 Å². The quantitative estimate of drug-likeness (QED) is 0.765. The molecule has 1 aliphatic carbocycles. The Morgan fingerprint density at radius 2 is 1.86 bits per heavy atom. The van der Waals surface area contributed by atoms with Crippen LogP contribution in [0.15, 0.2) is 0 Å². The van der Waals surface area contributed by atoms with Gasteiger partial charge in [-0.25, -0.2) is 0 Å². The maximum Gasteiger partial charge on any atom is 0.303 e. The second-order valence-electron chi connectivity index (χ2n) is 4.64. The molecule has 1 rings (SSSR count). The molecule has 3 atom stereocenters. The molecule has 0 aliphatic heterocycles. The van der Waals surface area contributed by atoms with Gasteiger partial charge in [0.1, 0.15) is 0 Å². The lowest BCUT2D eigenvalue weighted by atomic mass is 9.82. The number of nitrogens with two attached hydrogens (primary N) is 1. The molecule has 0 radical (unpaired) electrons. The number of carboxylic acids is 1. The summed E-state index contributed by atoms with van der Waals surface area (Å²) in [6, 6.07) is 0. The molecule has 0 aromatic heterocycles. The van der Waals surface area contributed by atoms with Gasteiger partial charge in [0.25, 0.3) is 0 Å². The monoisotopic (exact) mass is 221 g/mol. The zero-order valence-electron chi connectivity index (χ0n) is 8.82. The Bertz CT molecular complexity index is 198. The first-order valence-electron chi connectivity index (χ1n) is 4.91. The minimum Gasteiger partial charge on any atom is -0.481 e. The van der Waals surface area contributed by atoms with E-state index in [1.807, 2.05) is 0 Å². The lowest BCUT2D eigenvalue weighted by Crippen LogP contribution is -2.30. The summed E-state index contributed by atoms with van der Waals surface area (Å²) in [5.41, 5.74) is 5.56. The van der Waals surface area contributed by atoms with Crippen molar-refractivity contribution in [1.29, 1.82) is 0 Å². The molecule has 0 amide bonds. The van der Waals surface area contributed by atoms with E-state index in [1.54, 1.807) is 0 Å². The summed E-state index contributed by atoms with van der Waals surface area (Å²) in [7, 11) is 0. The lowest BCUT2D eigenvalue weighted by molar-refractivity contribution is -0.139. The Morgan fingerprint density at radius 3 is 2.14 bits per heavy atom. The van der Waals surface area contributed by atoms with Gasteiger partial charge in [0.2, 0.25) is 0 Å². The van der Waals surface area contributed by atoms with Gasteiger partial charge in [-0.1, -0.05) is 13.8 Å². The molecule has 3 N–H and O–H groups in total. The molecule has 0 heterocycles. The maximum atomic E-state index is 10.7. The number of hydrogen-bond acceptors (Lipinski definition) is 2. The molecule has 0 aromatic carbocycles. The molecule has 14 heavy (non-hydrogen) atoms. The topological polar surface area (TPSA) is 63.3 Å². The van der Waals surface area contributed by atoms with Crippen molar-refractivity contribution in [2.75, 3.05) is 6.54 Å². The summed E-state index contributed by atoms with van der Waals surface area (Å²) >= 11 is 0. The second kappa shape index (κ2) is 4.99. The Labute approximate surface area is 91.5 Å². The van der Waals surface area contributed by atoms with Crippen LogP contribution in [0.3, 0.4) is 0 Å². The highest BCUT2D eigenvalue weighted by Crippen LogP contribution is 2.46. The second-order valence-corrected chi connectivity index (χ2v) is 4.64. The summed E-state index contributed by atoms with van der Waals surface area (Å²) in [6.07, 6.45) is 2.17. The van der Waals surface area contributed by atoms with Gasteiger partial charge in [-0.05, 0) is 36.6 Å². The van der Waals surface area contributed by atoms with Crippen LogP contribution in [0.1, 0.15) is 33.1 Å². The van der Waals surface area contributed by atoms with Crippen molar-refractivity contribution in [3.8, 4) is 0 Å². The van der Waals surface area contributed by atoms with E-state index in [-0.39, 0.29) is 24.2 Å². The van der Waals surface area contributed by atoms with E-state index < -0.39 is 5.97 Å². The summed E-state index contributed by atoms with van der Waals surface area (Å²) < 4.78 is 0. The van der Waals surface area contributed by atoms with Crippen molar-refractivity contribution in [1.82, 2.24) is 0 Å². The predicted octanol–water partition coefficient (Wildman–Crippen LogP) is 1.89. The first-order chi connectivity index (χ1) is 5.99. The van der Waals surface area contributed by atoms with Crippen LogP contribution in [-0.2, 0) is 4.79 Å². The van der Waals surface area contributed by atoms with Crippen molar-refractivity contribution in [3.05, 3.63) is 0 Å². The molecule has 1 aliphatic rings. The van der Waals surface area contributed by atoms with Crippen LogP contribution in [0.2, 0.25) is 0 Å². The highest BCUT2D eigenvalue weighted by atomic mass is 35.5. The number of carbonyl (C=O) groups is 1. The molecule has 0 saturated heterocycles. The predicted molar refractivity (Wildman–Crippen MR) is 58.6 cm³/mol. The number of carboxylic acid groups (broad SMARTS) is 1. The minimum absolute atomic E-state index is 0. The molecular formula is C10H20ClNO2. The zero-order chi connectivity index (χ0) is 10.1. The van der Waals surface area contributed by atoms with Gasteiger partial charge in [0, 0.05) is 0 Å². The molecule has 1 unspecified atom stereocenters. The van der Waals surface area contributed by atoms with E-state index >= 15 is 0 Å². The molecule has 1 saturated carbocycles. The largest absolute Gasteiger partial charge is 0.481 e. The van der Waals surface area contributed by atoms with Crippen molar-refractivity contribution in [2.24, 2.45) is 23.0 Å². The van der Waals surface area contributed by atoms with E-state index in [2.05, 4.69) is 13.8 Å². The molecule has 84 valence electrons. The number of rotatable bonds is 3. The molecule has 3 nitrogen and oxygen atoms in total. The summed E-state index contributed by atoms with van der Waals surface area (Å²) in [6.45, 7) is 4.88. The molecule has 0 bridgehead atoms. The van der Waals surface area contributed by atoms with E-state index in [0.29, 0.717) is 18.4 Å². The van der Waals surface area contributed by atoms with Gasteiger partial charge in [-0.3, -0.25) is 4.79 Å². The molecule has 0 spiro atoms. The first-order valence-corrected chi connectivity index (χ1v) is 4.91. The van der Waals surface area contributed by atoms with E-state index in [0.717, 1.165) is 12.8 Å². The number of hydrogen-bond donors (Lipinski definition) is 2. The van der Waals surface area contributed by atoms with Crippen LogP contribution in [-0.4, -0.2) is 17.6 Å². The third-order valence-corrected chi connectivity index (χ3v) is 3.44. The smallest absolute Gasteiger partial charge is 0.303 e. The Morgan fingerprint density at radius 1 is 1.43 bits per heavy atom. The van der Waals surface area contributed by atoms with Crippen molar-refractivity contribution < 1.29 is 9.90 Å².